The first kappa shape index (κ1) is 13.1. The Balaban J connectivity index is 2.75. The molecule has 0 amide bonds. The van der Waals surface area contributed by atoms with E-state index in [2.05, 4.69) is 4.99 Å². The highest BCUT2D eigenvalue weighted by molar-refractivity contribution is 6.30. The van der Waals surface area contributed by atoms with E-state index in [9.17, 15) is 22.4 Å². The van der Waals surface area contributed by atoms with Crippen molar-refractivity contribution in [3.8, 4) is 0 Å². The summed E-state index contributed by atoms with van der Waals surface area (Å²) >= 11 is 5.11. The molecule has 1 aliphatic carbocycles. The summed E-state index contributed by atoms with van der Waals surface area (Å²) in [5.74, 6) is -6.59. The molecular weight excluding hydrogens is 274 g/mol. The van der Waals surface area contributed by atoms with Crippen LogP contribution in [0.2, 0.25) is 5.02 Å². The monoisotopic (exact) mass is 279 g/mol. The zero-order chi connectivity index (χ0) is 13.5. The average molecular weight is 280 g/mol. The SMILES string of the molecule is O=C=NC1(c2c(F)c(F)c(Cl)c(F)c2F)CCC1. The molecule has 0 unspecified atom stereocenters. The van der Waals surface area contributed by atoms with Crippen LogP contribution in [0, 0.1) is 23.3 Å². The highest BCUT2D eigenvalue weighted by Crippen LogP contribution is 2.48. The van der Waals surface area contributed by atoms with E-state index in [-0.39, 0.29) is 12.8 Å². The molecule has 0 aliphatic heterocycles. The topological polar surface area (TPSA) is 29.4 Å². The van der Waals surface area contributed by atoms with E-state index in [1.807, 2.05) is 0 Å². The number of nitrogens with zero attached hydrogens (tertiary/aromatic N) is 1. The fourth-order valence-electron chi connectivity index (χ4n) is 2.03. The Morgan fingerprint density at radius 3 is 1.89 bits per heavy atom. The fourth-order valence-corrected chi connectivity index (χ4v) is 2.20. The third-order valence-corrected chi connectivity index (χ3v) is 3.45. The molecule has 0 atom stereocenters. The molecule has 1 fully saturated rings. The third-order valence-electron chi connectivity index (χ3n) is 3.12. The number of isocyanates is 1. The second-order valence-electron chi connectivity index (χ2n) is 4.03. The van der Waals surface area contributed by atoms with E-state index in [0.717, 1.165) is 0 Å². The first-order chi connectivity index (χ1) is 8.44. The van der Waals surface area contributed by atoms with Gasteiger partial charge in [0.25, 0.3) is 0 Å². The first-order valence-corrected chi connectivity index (χ1v) is 5.43. The number of halogens is 5. The van der Waals surface area contributed by atoms with E-state index < -0.39 is 39.4 Å². The van der Waals surface area contributed by atoms with Gasteiger partial charge in [-0.25, -0.2) is 22.4 Å². The zero-order valence-electron chi connectivity index (χ0n) is 8.87. The summed E-state index contributed by atoms with van der Waals surface area (Å²) in [5, 5.41) is -1.25. The van der Waals surface area contributed by atoms with Gasteiger partial charge in [0, 0.05) is 0 Å². The van der Waals surface area contributed by atoms with Gasteiger partial charge in [0.15, 0.2) is 23.3 Å². The Bertz CT molecular complexity index is 536. The van der Waals surface area contributed by atoms with Gasteiger partial charge in [0.2, 0.25) is 6.08 Å². The van der Waals surface area contributed by atoms with Crippen LogP contribution in [0.4, 0.5) is 17.6 Å². The van der Waals surface area contributed by atoms with Gasteiger partial charge in [-0.2, -0.15) is 4.99 Å². The molecule has 0 aromatic heterocycles. The highest BCUT2D eigenvalue weighted by atomic mass is 35.5. The quantitative estimate of drug-likeness (QED) is 0.267. The minimum absolute atomic E-state index is 0.122. The lowest BCUT2D eigenvalue weighted by atomic mass is 9.72. The van der Waals surface area contributed by atoms with Crippen molar-refractivity contribution in [1.29, 1.82) is 0 Å². The van der Waals surface area contributed by atoms with Crippen molar-refractivity contribution >= 4 is 17.7 Å². The number of aliphatic imine (C=N–C) groups is 1. The van der Waals surface area contributed by atoms with E-state index in [0.29, 0.717) is 6.42 Å². The Kier molecular flexibility index (Phi) is 3.17. The lowest BCUT2D eigenvalue weighted by Gasteiger charge is -2.37. The summed E-state index contributed by atoms with van der Waals surface area (Å²) in [6.07, 6.45) is 1.96. The van der Waals surface area contributed by atoms with Gasteiger partial charge >= 0.3 is 0 Å². The summed E-state index contributed by atoms with van der Waals surface area (Å²) in [7, 11) is 0. The van der Waals surface area contributed by atoms with E-state index >= 15 is 0 Å². The minimum Gasteiger partial charge on any atom is -0.211 e. The van der Waals surface area contributed by atoms with Crippen LogP contribution in [0.25, 0.3) is 0 Å². The Morgan fingerprint density at radius 1 is 1.06 bits per heavy atom. The van der Waals surface area contributed by atoms with Gasteiger partial charge in [0.1, 0.15) is 10.6 Å². The van der Waals surface area contributed by atoms with Gasteiger partial charge < -0.3 is 0 Å². The molecule has 2 nitrogen and oxygen atoms in total. The van der Waals surface area contributed by atoms with Crippen molar-refractivity contribution in [2.24, 2.45) is 4.99 Å². The number of hydrogen-bond donors (Lipinski definition) is 0. The molecule has 0 spiro atoms. The molecule has 18 heavy (non-hydrogen) atoms. The lowest BCUT2D eigenvalue weighted by Crippen LogP contribution is -2.35. The maximum atomic E-state index is 13.7. The van der Waals surface area contributed by atoms with E-state index in [4.69, 9.17) is 11.6 Å². The van der Waals surface area contributed by atoms with Crippen LogP contribution in [0.3, 0.4) is 0 Å². The molecule has 96 valence electrons. The normalized spacial score (nSPS) is 16.9. The van der Waals surface area contributed by atoms with Crippen molar-refractivity contribution in [1.82, 2.24) is 0 Å². The summed E-state index contributed by atoms with van der Waals surface area (Å²) in [6, 6.07) is 0. The van der Waals surface area contributed by atoms with Gasteiger partial charge in [-0.3, -0.25) is 0 Å². The van der Waals surface area contributed by atoms with Crippen molar-refractivity contribution in [2.45, 2.75) is 24.8 Å². The molecule has 0 saturated heterocycles. The molecule has 1 aliphatic rings. The molecule has 1 aromatic rings. The van der Waals surface area contributed by atoms with Gasteiger partial charge in [0.05, 0.1) is 5.56 Å². The number of benzene rings is 1. The second-order valence-corrected chi connectivity index (χ2v) is 4.41. The zero-order valence-corrected chi connectivity index (χ0v) is 9.62. The molecule has 0 radical (unpaired) electrons. The Labute approximate surface area is 104 Å². The highest BCUT2D eigenvalue weighted by Gasteiger charge is 2.45. The third kappa shape index (κ3) is 1.64. The Hall–Kier alpha value is -1.39. The average Bonchev–Trinajstić information content (AvgIpc) is 2.31. The summed E-state index contributed by atoms with van der Waals surface area (Å²) in [4.78, 5) is 13.6. The molecule has 7 heteroatoms. The van der Waals surface area contributed by atoms with E-state index in [1.54, 1.807) is 0 Å². The van der Waals surface area contributed by atoms with Crippen LogP contribution >= 0.6 is 11.6 Å². The maximum Gasteiger partial charge on any atom is 0.235 e. The molecule has 0 heterocycles. The van der Waals surface area contributed by atoms with Crippen LogP contribution in [0.5, 0.6) is 0 Å². The number of carbonyl (C=O) groups excluding carboxylic acids is 1. The summed E-state index contributed by atoms with van der Waals surface area (Å²) in [5.41, 5.74) is -2.46. The van der Waals surface area contributed by atoms with Crippen LogP contribution in [-0.2, 0) is 10.3 Å². The predicted molar refractivity (Wildman–Crippen MR) is 54.9 cm³/mol. The van der Waals surface area contributed by atoms with Crippen LogP contribution in [0.15, 0.2) is 4.99 Å². The molecule has 0 N–H and O–H groups in total. The van der Waals surface area contributed by atoms with Crippen LogP contribution in [-0.4, -0.2) is 6.08 Å². The van der Waals surface area contributed by atoms with Crippen LogP contribution < -0.4 is 0 Å². The van der Waals surface area contributed by atoms with Crippen molar-refractivity contribution in [2.75, 3.05) is 0 Å². The number of hydrogen-bond acceptors (Lipinski definition) is 2. The van der Waals surface area contributed by atoms with Gasteiger partial charge in [-0.15, -0.1) is 0 Å². The molecule has 0 bridgehead atoms. The smallest absolute Gasteiger partial charge is 0.211 e. The van der Waals surface area contributed by atoms with Gasteiger partial charge in [-0.1, -0.05) is 11.6 Å². The van der Waals surface area contributed by atoms with Crippen molar-refractivity contribution < 1.29 is 22.4 Å². The predicted octanol–water partition coefficient (Wildman–Crippen LogP) is 3.61. The largest absolute Gasteiger partial charge is 0.235 e. The first-order valence-electron chi connectivity index (χ1n) is 5.05. The van der Waals surface area contributed by atoms with Crippen molar-refractivity contribution in [3.63, 3.8) is 0 Å². The minimum atomic E-state index is -1.68. The van der Waals surface area contributed by atoms with Crippen molar-refractivity contribution in [3.05, 3.63) is 33.9 Å². The molecule has 1 aromatic carbocycles. The molecule has 1 saturated carbocycles. The van der Waals surface area contributed by atoms with Crippen LogP contribution in [0.1, 0.15) is 24.8 Å². The maximum absolute atomic E-state index is 13.7. The lowest BCUT2D eigenvalue weighted by molar-refractivity contribution is 0.231. The number of rotatable bonds is 2. The summed E-state index contributed by atoms with van der Waals surface area (Å²) < 4.78 is 54.0. The van der Waals surface area contributed by atoms with Gasteiger partial charge in [-0.05, 0) is 19.3 Å². The Morgan fingerprint density at radius 2 is 1.56 bits per heavy atom. The molecule has 2 rings (SSSR count). The fraction of sp³-hybridized carbons (Fsp3) is 0.364. The summed E-state index contributed by atoms with van der Waals surface area (Å²) in [6.45, 7) is 0. The molecular formula is C11H6ClF4NO. The second kappa shape index (κ2) is 4.37. The van der Waals surface area contributed by atoms with E-state index in [1.165, 1.54) is 6.08 Å². The standard InChI is InChI=1S/C11H6ClF4NO/c12-6-9(15)7(13)5(8(14)10(6)16)11(17-4-18)2-1-3-11/h1-3H2.